The van der Waals surface area contributed by atoms with Crippen LogP contribution < -0.4 is 0 Å². The highest BCUT2D eigenvalue weighted by Gasteiger charge is 2.19. The van der Waals surface area contributed by atoms with Gasteiger partial charge in [-0.15, -0.1) is 0 Å². The first-order valence-electron chi connectivity index (χ1n) is 18.9. The minimum Gasteiger partial charge on any atom is -0.462 e. The van der Waals surface area contributed by atoms with Crippen LogP contribution in [0.5, 0.6) is 0 Å². The SMILES string of the molecule is CC/C=C\C/C=C\C/C=C\CC(=O)OC(COC(=O)CCC/C=C\CCCCCC)COC(=O)CCCCCCC/C=C\C/C=C\CC. The summed E-state index contributed by atoms with van der Waals surface area (Å²) in [5.41, 5.74) is 0. The molecule has 6 nitrogen and oxygen atoms in total. The molecule has 1 atom stereocenters. The van der Waals surface area contributed by atoms with E-state index < -0.39 is 12.1 Å². The maximum atomic E-state index is 12.5. The van der Waals surface area contributed by atoms with Crippen LogP contribution in [-0.2, 0) is 28.6 Å². The fourth-order valence-corrected chi connectivity index (χ4v) is 4.66. The number of carbonyl (C=O) groups is 3. The van der Waals surface area contributed by atoms with E-state index in [1.165, 1.54) is 25.7 Å². The van der Waals surface area contributed by atoms with Crippen molar-refractivity contribution in [3.63, 3.8) is 0 Å². The Morgan fingerprint density at radius 2 is 0.896 bits per heavy atom. The summed E-state index contributed by atoms with van der Waals surface area (Å²) in [6, 6.07) is 0. The van der Waals surface area contributed by atoms with Crippen molar-refractivity contribution >= 4 is 17.9 Å². The molecular formula is C42H68O6. The number of esters is 3. The van der Waals surface area contributed by atoms with Gasteiger partial charge in [0.2, 0.25) is 0 Å². The molecule has 0 heterocycles. The van der Waals surface area contributed by atoms with E-state index in [4.69, 9.17) is 14.2 Å². The third kappa shape index (κ3) is 34.2. The van der Waals surface area contributed by atoms with Gasteiger partial charge in [0.1, 0.15) is 13.2 Å². The molecule has 0 aromatic carbocycles. The van der Waals surface area contributed by atoms with Crippen molar-refractivity contribution < 1.29 is 28.6 Å². The molecule has 48 heavy (non-hydrogen) atoms. The second-order valence-corrected chi connectivity index (χ2v) is 12.1. The molecular weight excluding hydrogens is 600 g/mol. The Balaban J connectivity index is 4.53. The molecule has 0 amide bonds. The molecule has 0 radical (unpaired) electrons. The van der Waals surface area contributed by atoms with Crippen molar-refractivity contribution in [2.75, 3.05) is 13.2 Å². The van der Waals surface area contributed by atoms with Gasteiger partial charge in [-0.3, -0.25) is 14.4 Å². The minimum atomic E-state index is -0.836. The van der Waals surface area contributed by atoms with Crippen molar-refractivity contribution in [3.8, 4) is 0 Å². The monoisotopic (exact) mass is 669 g/mol. The van der Waals surface area contributed by atoms with E-state index in [-0.39, 0.29) is 38.0 Å². The van der Waals surface area contributed by atoms with Gasteiger partial charge < -0.3 is 14.2 Å². The van der Waals surface area contributed by atoms with E-state index >= 15 is 0 Å². The van der Waals surface area contributed by atoms with Gasteiger partial charge in [0.25, 0.3) is 0 Å². The Morgan fingerprint density at radius 3 is 1.48 bits per heavy atom. The molecule has 0 aliphatic rings. The summed E-state index contributed by atoms with van der Waals surface area (Å²) in [6.45, 7) is 6.19. The molecule has 6 heteroatoms. The molecule has 0 saturated heterocycles. The van der Waals surface area contributed by atoms with Crippen molar-refractivity contribution in [1.82, 2.24) is 0 Å². The van der Waals surface area contributed by atoms with Crippen LogP contribution in [0.1, 0.15) is 156 Å². The quantitative estimate of drug-likeness (QED) is 0.0307. The lowest BCUT2D eigenvalue weighted by Gasteiger charge is -2.18. The zero-order chi connectivity index (χ0) is 35.2. The predicted octanol–water partition coefficient (Wildman–Crippen LogP) is 11.6. The van der Waals surface area contributed by atoms with Gasteiger partial charge in [0.15, 0.2) is 6.10 Å². The number of hydrogen-bond donors (Lipinski definition) is 0. The van der Waals surface area contributed by atoms with Crippen LogP contribution in [0, 0.1) is 0 Å². The summed E-state index contributed by atoms with van der Waals surface area (Å²) in [6.07, 6.45) is 43.6. The smallest absolute Gasteiger partial charge is 0.310 e. The number of carbonyl (C=O) groups excluding carboxylic acids is 3. The van der Waals surface area contributed by atoms with Crippen LogP contribution in [0.15, 0.2) is 72.9 Å². The second kappa shape index (κ2) is 36.7. The molecule has 0 rings (SSSR count). The number of allylic oxidation sites excluding steroid dienone is 11. The summed E-state index contributed by atoms with van der Waals surface area (Å²) in [7, 11) is 0. The van der Waals surface area contributed by atoms with Gasteiger partial charge >= 0.3 is 17.9 Å². The lowest BCUT2D eigenvalue weighted by Crippen LogP contribution is -2.30. The Bertz CT molecular complexity index is 955. The van der Waals surface area contributed by atoms with E-state index in [9.17, 15) is 14.4 Å². The van der Waals surface area contributed by atoms with Crippen LogP contribution in [0.25, 0.3) is 0 Å². The highest BCUT2D eigenvalue weighted by atomic mass is 16.6. The molecule has 1 unspecified atom stereocenters. The maximum Gasteiger partial charge on any atom is 0.310 e. The zero-order valence-electron chi connectivity index (χ0n) is 30.7. The molecule has 0 fully saturated rings. The van der Waals surface area contributed by atoms with Gasteiger partial charge in [-0.1, -0.05) is 132 Å². The topological polar surface area (TPSA) is 78.9 Å². The van der Waals surface area contributed by atoms with Crippen LogP contribution in [0.3, 0.4) is 0 Å². The van der Waals surface area contributed by atoms with Gasteiger partial charge in [-0.25, -0.2) is 0 Å². The molecule has 0 spiro atoms. The number of unbranched alkanes of at least 4 members (excludes halogenated alkanes) is 10. The Hall–Kier alpha value is -3.15. The Labute approximate surface area is 293 Å². The molecule has 0 aliphatic carbocycles. The van der Waals surface area contributed by atoms with Gasteiger partial charge in [0, 0.05) is 12.8 Å². The summed E-state index contributed by atoms with van der Waals surface area (Å²) in [5, 5.41) is 0. The first kappa shape index (κ1) is 44.9. The third-order valence-corrected chi connectivity index (χ3v) is 7.46. The van der Waals surface area contributed by atoms with Crippen LogP contribution in [-0.4, -0.2) is 37.2 Å². The lowest BCUT2D eigenvalue weighted by atomic mass is 10.1. The molecule has 0 aliphatic heterocycles. The normalized spacial score (nSPS) is 12.8. The average Bonchev–Trinajstić information content (AvgIpc) is 3.08. The van der Waals surface area contributed by atoms with E-state index in [0.29, 0.717) is 12.8 Å². The summed E-state index contributed by atoms with van der Waals surface area (Å²) >= 11 is 0. The summed E-state index contributed by atoms with van der Waals surface area (Å²) in [4.78, 5) is 37.3. The Morgan fingerprint density at radius 1 is 0.458 bits per heavy atom. The maximum absolute atomic E-state index is 12.5. The van der Waals surface area contributed by atoms with Crippen molar-refractivity contribution in [1.29, 1.82) is 0 Å². The van der Waals surface area contributed by atoms with Crippen molar-refractivity contribution in [2.45, 2.75) is 162 Å². The van der Waals surface area contributed by atoms with Crippen LogP contribution >= 0.6 is 0 Å². The Kier molecular flexibility index (Phi) is 34.3. The van der Waals surface area contributed by atoms with E-state index in [0.717, 1.165) is 83.5 Å². The van der Waals surface area contributed by atoms with E-state index in [1.807, 2.05) is 6.08 Å². The largest absolute Gasteiger partial charge is 0.462 e. The van der Waals surface area contributed by atoms with Crippen LogP contribution in [0.2, 0.25) is 0 Å². The predicted molar refractivity (Wildman–Crippen MR) is 201 cm³/mol. The zero-order valence-corrected chi connectivity index (χ0v) is 30.7. The highest BCUT2D eigenvalue weighted by molar-refractivity contribution is 5.72. The van der Waals surface area contributed by atoms with E-state index in [2.05, 4.69) is 81.5 Å². The second-order valence-electron chi connectivity index (χ2n) is 12.1. The molecule has 0 aromatic rings. The minimum absolute atomic E-state index is 0.0957. The summed E-state index contributed by atoms with van der Waals surface area (Å²) < 4.78 is 16.4. The van der Waals surface area contributed by atoms with Gasteiger partial charge in [-0.2, -0.15) is 0 Å². The first-order valence-corrected chi connectivity index (χ1v) is 18.9. The molecule has 0 saturated carbocycles. The fourth-order valence-electron chi connectivity index (χ4n) is 4.66. The number of ether oxygens (including phenoxy) is 3. The standard InChI is InChI=1S/C42H68O6/c1-4-7-10-13-16-19-20-21-24-26-29-32-35-41(44)47-38-39(48-42(45)36-33-30-27-23-18-15-12-9-6-3)37-46-40(43)34-31-28-25-22-17-14-11-8-5-2/h7,9-10,12,16,18-19,22-23,25,30,33,39H,4-6,8,11,13-15,17,20-21,24,26-29,31-32,34-38H2,1-3H3/b10-7-,12-9-,19-16-,23-18-,25-22-,33-30-. The number of hydrogen-bond acceptors (Lipinski definition) is 6. The van der Waals surface area contributed by atoms with Crippen molar-refractivity contribution in [2.24, 2.45) is 0 Å². The number of rotatable bonds is 32. The van der Waals surface area contributed by atoms with Gasteiger partial charge in [0.05, 0.1) is 6.42 Å². The lowest BCUT2D eigenvalue weighted by molar-refractivity contribution is -0.166. The molecule has 0 bridgehead atoms. The first-order chi connectivity index (χ1) is 23.5. The molecule has 272 valence electrons. The van der Waals surface area contributed by atoms with Crippen molar-refractivity contribution in [3.05, 3.63) is 72.9 Å². The van der Waals surface area contributed by atoms with E-state index in [1.54, 1.807) is 6.08 Å². The van der Waals surface area contributed by atoms with Gasteiger partial charge in [-0.05, 0) is 77.0 Å². The summed E-state index contributed by atoms with van der Waals surface area (Å²) in [5.74, 6) is -1.12. The third-order valence-electron chi connectivity index (χ3n) is 7.46. The van der Waals surface area contributed by atoms with Crippen LogP contribution in [0.4, 0.5) is 0 Å². The average molecular weight is 669 g/mol. The molecule has 0 N–H and O–H groups in total. The fraction of sp³-hybridized carbons (Fsp3) is 0.643. The highest BCUT2D eigenvalue weighted by Crippen LogP contribution is 2.10. The molecule has 0 aromatic heterocycles.